The molecule has 1 aromatic rings. The summed E-state index contributed by atoms with van der Waals surface area (Å²) in [5, 5.41) is 3.14. The molecule has 0 aliphatic heterocycles. The van der Waals surface area contributed by atoms with Crippen molar-refractivity contribution < 1.29 is 19.0 Å². The molecule has 27 heavy (non-hydrogen) atoms. The Balaban J connectivity index is 0.00000364. The molecule has 3 N–H and O–H groups in total. The standard InChI is InChI=1S/C20H32N2O4.ClH/c1-24-17-11-14(12-18(25-2)20(17)26-3)9-10-19(23)22-16(13-21)15-7-5-4-6-8-15;/h11-12,15-16H,4-10,13,21H2,1-3H3,(H,22,23);1H. The van der Waals surface area contributed by atoms with Gasteiger partial charge >= 0.3 is 0 Å². The van der Waals surface area contributed by atoms with Crippen molar-refractivity contribution in [2.75, 3.05) is 27.9 Å². The number of halogens is 1. The van der Waals surface area contributed by atoms with Gasteiger partial charge in [-0.2, -0.15) is 0 Å². The van der Waals surface area contributed by atoms with E-state index in [1.807, 2.05) is 12.1 Å². The molecule has 6 nitrogen and oxygen atoms in total. The first-order chi connectivity index (χ1) is 12.6. The molecule has 1 saturated carbocycles. The van der Waals surface area contributed by atoms with Crippen molar-refractivity contribution in [3.63, 3.8) is 0 Å². The molecule has 0 radical (unpaired) electrons. The fraction of sp³-hybridized carbons (Fsp3) is 0.650. The van der Waals surface area contributed by atoms with Crippen molar-refractivity contribution in [1.82, 2.24) is 5.32 Å². The summed E-state index contributed by atoms with van der Waals surface area (Å²) in [7, 11) is 4.75. The SMILES string of the molecule is COc1cc(CCC(=O)NC(CN)C2CCCCC2)cc(OC)c1OC.Cl. The lowest BCUT2D eigenvalue weighted by Crippen LogP contribution is -2.46. The predicted molar refractivity (Wildman–Crippen MR) is 109 cm³/mol. The van der Waals surface area contributed by atoms with E-state index in [4.69, 9.17) is 19.9 Å². The molecule has 0 heterocycles. The maximum absolute atomic E-state index is 12.4. The van der Waals surface area contributed by atoms with E-state index >= 15 is 0 Å². The third-order valence-electron chi connectivity index (χ3n) is 5.18. The van der Waals surface area contributed by atoms with Gasteiger partial charge in [0.05, 0.1) is 21.3 Å². The Morgan fingerprint density at radius 3 is 2.19 bits per heavy atom. The number of methoxy groups -OCH3 is 3. The number of benzene rings is 1. The molecule has 1 unspecified atom stereocenters. The fourth-order valence-corrected chi connectivity index (χ4v) is 3.72. The van der Waals surface area contributed by atoms with Crippen LogP contribution in [0.1, 0.15) is 44.1 Å². The van der Waals surface area contributed by atoms with Crippen LogP contribution in [0.4, 0.5) is 0 Å². The zero-order chi connectivity index (χ0) is 18.9. The lowest BCUT2D eigenvalue weighted by atomic mass is 9.84. The van der Waals surface area contributed by atoms with E-state index in [9.17, 15) is 4.79 Å². The molecule has 0 aromatic heterocycles. The van der Waals surface area contributed by atoms with Crippen molar-refractivity contribution in [2.24, 2.45) is 11.7 Å². The van der Waals surface area contributed by atoms with Crippen LogP contribution in [0.2, 0.25) is 0 Å². The zero-order valence-electron chi connectivity index (χ0n) is 16.6. The highest BCUT2D eigenvalue weighted by atomic mass is 35.5. The van der Waals surface area contributed by atoms with Crippen LogP contribution >= 0.6 is 12.4 Å². The van der Waals surface area contributed by atoms with E-state index in [1.54, 1.807) is 21.3 Å². The molecular formula is C20H33ClN2O4. The van der Waals surface area contributed by atoms with Gasteiger partial charge in [-0.15, -0.1) is 12.4 Å². The van der Waals surface area contributed by atoms with Gasteiger partial charge in [-0.05, 0) is 42.9 Å². The van der Waals surface area contributed by atoms with Crippen molar-refractivity contribution in [2.45, 2.75) is 51.0 Å². The Morgan fingerprint density at radius 2 is 1.70 bits per heavy atom. The highest BCUT2D eigenvalue weighted by Gasteiger charge is 2.24. The second-order valence-corrected chi connectivity index (χ2v) is 6.84. The Hall–Kier alpha value is -1.66. The molecule has 1 aliphatic rings. The smallest absolute Gasteiger partial charge is 0.220 e. The molecule has 1 atom stereocenters. The van der Waals surface area contributed by atoms with E-state index in [-0.39, 0.29) is 24.4 Å². The number of rotatable bonds is 9. The van der Waals surface area contributed by atoms with Crippen molar-refractivity contribution in [3.8, 4) is 17.2 Å². The lowest BCUT2D eigenvalue weighted by molar-refractivity contribution is -0.122. The van der Waals surface area contributed by atoms with Gasteiger partial charge in [-0.1, -0.05) is 19.3 Å². The number of hydrogen-bond donors (Lipinski definition) is 2. The average Bonchev–Trinajstić information content (AvgIpc) is 2.70. The van der Waals surface area contributed by atoms with Gasteiger partial charge in [0.15, 0.2) is 11.5 Å². The molecule has 154 valence electrons. The quantitative estimate of drug-likeness (QED) is 0.665. The minimum atomic E-state index is 0. The highest BCUT2D eigenvalue weighted by molar-refractivity contribution is 5.85. The summed E-state index contributed by atoms with van der Waals surface area (Å²) in [6.45, 7) is 0.501. The Kier molecular flexibility index (Phi) is 10.3. The third-order valence-corrected chi connectivity index (χ3v) is 5.18. The first kappa shape index (κ1) is 23.4. The number of amides is 1. The molecule has 2 rings (SSSR count). The van der Waals surface area contributed by atoms with E-state index < -0.39 is 0 Å². The number of nitrogens with one attached hydrogen (secondary N) is 1. The van der Waals surface area contributed by atoms with Gasteiger partial charge in [-0.25, -0.2) is 0 Å². The summed E-state index contributed by atoms with van der Waals surface area (Å²) in [5.41, 5.74) is 6.87. The van der Waals surface area contributed by atoms with Crippen LogP contribution in [-0.4, -0.2) is 39.8 Å². The second kappa shape index (κ2) is 11.9. The summed E-state index contributed by atoms with van der Waals surface area (Å²) in [5.74, 6) is 2.32. The second-order valence-electron chi connectivity index (χ2n) is 6.84. The topological polar surface area (TPSA) is 82.8 Å². The van der Waals surface area contributed by atoms with E-state index in [0.29, 0.717) is 42.6 Å². The van der Waals surface area contributed by atoms with Crippen LogP contribution in [0, 0.1) is 5.92 Å². The van der Waals surface area contributed by atoms with Crippen LogP contribution < -0.4 is 25.3 Å². The molecule has 0 saturated heterocycles. The maximum Gasteiger partial charge on any atom is 0.220 e. The van der Waals surface area contributed by atoms with E-state index in [1.165, 1.54) is 19.3 Å². The molecule has 0 spiro atoms. The molecular weight excluding hydrogens is 368 g/mol. The van der Waals surface area contributed by atoms with Gasteiger partial charge < -0.3 is 25.3 Å². The molecule has 0 bridgehead atoms. The summed E-state index contributed by atoms with van der Waals surface area (Å²) in [6.07, 6.45) is 7.10. The number of ether oxygens (including phenoxy) is 3. The number of carbonyl (C=O) groups is 1. The van der Waals surface area contributed by atoms with E-state index in [2.05, 4.69) is 5.32 Å². The molecule has 1 aromatic carbocycles. The summed E-state index contributed by atoms with van der Waals surface area (Å²) in [6, 6.07) is 3.86. The summed E-state index contributed by atoms with van der Waals surface area (Å²) in [4.78, 5) is 12.4. The van der Waals surface area contributed by atoms with Crippen LogP contribution in [0.3, 0.4) is 0 Å². The third kappa shape index (κ3) is 6.47. The number of nitrogens with two attached hydrogens (primary N) is 1. The van der Waals surface area contributed by atoms with Crippen molar-refractivity contribution >= 4 is 18.3 Å². The zero-order valence-corrected chi connectivity index (χ0v) is 17.4. The van der Waals surface area contributed by atoms with Gasteiger partial charge in [0.25, 0.3) is 0 Å². The number of aryl methyl sites for hydroxylation is 1. The molecule has 1 fully saturated rings. The van der Waals surface area contributed by atoms with Gasteiger partial charge in [0.2, 0.25) is 11.7 Å². The van der Waals surface area contributed by atoms with Crippen molar-refractivity contribution in [1.29, 1.82) is 0 Å². The first-order valence-electron chi connectivity index (χ1n) is 9.41. The number of carbonyl (C=O) groups excluding carboxylic acids is 1. The largest absolute Gasteiger partial charge is 0.493 e. The Labute approximate surface area is 168 Å². The highest BCUT2D eigenvalue weighted by Crippen LogP contribution is 2.38. The normalized spacial score (nSPS) is 15.4. The van der Waals surface area contributed by atoms with Crippen LogP contribution in [0.5, 0.6) is 17.2 Å². The Morgan fingerprint density at radius 1 is 1.11 bits per heavy atom. The van der Waals surface area contributed by atoms with Crippen LogP contribution in [0.25, 0.3) is 0 Å². The maximum atomic E-state index is 12.4. The molecule has 1 aliphatic carbocycles. The van der Waals surface area contributed by atoms with Gasteiger partial charge in [0.1, 0.15) is 0 Å². The van der Waals surface area contributed by atoms with Gasteiger partial charge in [0, 0.05) is 19.0 Å². The average molecular weight is 401 g/mol. The van der Waals surface area contributed by atoms with Crippen molar-refractivity contribution in [3.05, 3.63) is 17.7 Å². The minimum Gasteiger partial charge on any atom is -0.493 e. The van der Waals surface area contributed by atoms with E-state index in [0.717, 1.165) is 18.4 Å². The van der Waals surface area contributed by atoms with Gasteiger partial charge in [-0.3, -0.25) is 4.79 Å². The minimum absolute atomic E-state index is 0. The first-order valence-corrected chi connectivity index (χ1v) is 9.41. The fourth-order valence-electron chi connectivity index (χ4n) is 3.72. The Bertz CT molecular complexity index is 566. The monoisotopic (exact) mass is 400 g/mol. The molecule has 7 heteroatoms. The number of hydrogen-bond acceptors (Lipinski definition) is 5. The van der Waals surface area contributed by atoms with Crippen LogP contribution in [-0.2, 0) is 11.2 Å². The van der Waals surface area contributed by atoms with Crippen LogP contribution in [0.15, 0.2) is 12.1 Å². The molecule has 1 amide bonds. The summed E-state index contributed by atoms with van der Waals surface area (Å²) >= 11 is 0. The summed E-state index contributed by atoms with van der Waals surface area (Å²) < 4.78 is 16.1. The lowest BCUT2D eigenvalue weighted by Gasteiger charge is -2.30. The predicted octanol–water partition coefficient (Wildman–Crippen LogP) is 3.09.